The minimum atomic E-state index is -0.286. The summed E-state index contributed by atoms with van der Waals surface area (Å²) < 4.78 is 11.1. The molecule has 2 rings (SSSR count). The lowest BCUT2D eigenvalue weighted by Gasteiger charge is -2.13. The van der Waals surface area contributed by atoms with Crippen molar-refractivity contribution in [2.45, 2.75) is 40.2 Å². The molecule has 0 aliphatic heterocycles. The Bertz CT molecular complexity index is 692. The molecule has 0 bridgehead atoms. The molecule has 1 aromatic heterocycles. The molecule has 0 saturated carbocycles. The molecule has 21 heavy (non-hydrogen) atoms. The van der Waals surface area contributed by atoms with E-state index in [0.29, 0.717) is 17.8 Å². The van der Waals surface area contributed by atoms with Gasteiger partial charge in [0.25, 0.3) is 0 Å². The van der Waals surface area contributed by atoms with Gasteiger partial charge in [-0.05, 0) is 51.8 Å². The van der Waals surface area contributed by atoms with Crippen molar-refractivity contribution in [1.82, 2.24) is 0 Å². The highest BCUT2D eigenvalue weighted by molar-refractivity contribution is 5.85. The van der Waals surface area contributed by atoms with Crippen LogP contribution < -0.4 is 16.1 Å². The number of aryl methyl sites for hydroxylation is 2. The van der Waals surface area contributed by atoms with Gasteiger partial charge >= 0.3 is 5.63 Å². The Hall–Kier alpha value is -1.52. The van der Waals surface area contributed by atoms with E-state index >= 15 is 0 Å². The van der Waals surface area contributed by atoms with Crippen LogP contribution in [0.3, 0.4) is 0 Å². The van der Waals surface area contributed by atoms with E-state index in [2.05, 4.69) is 0 Å². The predicted octanol–water partition coefficient (Wildman–Crippen LogP) is 3.26. The van der Waals surface area contributed by atoms with Crippen molar-refractivity contribution in [3.8, 4) is 5.75 Å². The minimum Gasteiger partial charge on any atom is -0.493 e. The highest BCUT2D eigenvalue weighted by atomic mass is 35.5. The van der Waals surface area contributed by atoms with Crippen molar-refractivity contribution in [3.05, 3.63) is 39.2 Å². The molecule has 0 saturated heterocycles. The lowest BCUT2D eigenvalue weighted by atomic mass is 10.0. The standard InChI is InChI=1S/C16H21NO3.ClH/c1-9(17)7-8-19-14-6-5-13-10(2)11(3)16(18)20-15(13)12(14)4;/h5-6,9H,7-8,17H2,1-4H3;1H/t9-;/m0./s1. The number of ether oxygens (including phenoxy) is 1. The maximum absolute atomic E-state index is 11.8. The van der Waals surface area contributed by atoms with Gasteiger partial charge in [-0.25, -0.2) is 4.79 Å². The lowest BCUT2D eigenvalue weighted by Crippen LogP contribution is -2.18. The average molecular weight is 312 g/mol. The summed E-state index contributed by atoms with van der Waals surface area (Å²) in [5.41, 5.74) is 8.49. The van der Waals surface area contributed by atoms with E-state index in [9.17, 15) is 4.79 Å². The summed E-state index contributed by atoms with van der Waals surface area (Å²) in [5.74, 6) is 0.740. The Morgan fingerprint density at radius 2 is 1.86 bits per heavy atom. The van der Waals surface area contributed by atoms with Crippen LogP contribution in [0.15, 0.2) is 21.3 Å². The van der Waals surface area contributed by atoms with Gasteiger partial charge in [-0.15, -0.1) is 12.4 Å². The summed E-state index contributed by atoms with van der Waals surface area (Å²) in [7, 11) is 0. The van der Waals surface area contributed by atoms with Crippen molar-refractivity contribution >= 4 is 23.4 Å². The van der Waals surface area contributed by atoms with Gasteiger partial charge in [-0.1, -0.05) is 0 Å². The predicted molar refractivity (Wildman–Crippen MR) is 87.7 cm³/mol. The fourth-order valence-corrected chi connectivity index (χ4v) is 2.14. The van der Waals surface area contributed by atoms with Crippen molar-refractivity contribution < 1.29 is 9.15 Å². The number of benzene rings is 1. The Kier molecular flexibility index (Phi) is 5.81. The fraction of sp³-hybridized carbons (Fsp3) is 0.438. The van der Waals surface area contributed by atoms with Gasteiger partial charge in [-0.3, -0.25) is 0 Å². The molecule has 0 unspecified atom stereocenters. The van der Waals surface area contributed by atoms with E-state index in [1.807, 2.05) is 32.9 Å². The molecule has 1 aromatic carbocycles. The molecular formula is C16H22ClNO3. The van der Waals surface area contributed by atoms with Gasteiger partial charge in [-0.2, -0.15) is 0 Å². The second kappa shape index (κ2) is 6.96. The number of hydrogen-bond acceptors (Lipinski definition) is 4. The Labute approximate surface area is 130 Å². The Morgan fingerprint density at radius 1 is 1.19 bits per heavy atom. The summed E-state index contributed by atoms with van der Waals surface area (Å²) in [5, 5.41) is 0.958. The monoisotopic (exact) mass is 311 g/mol. The molecule has 2 N–H and O–H groups in total. The van der Waals surface area contributed by atoms with Crippen LogP contribution in [0.4, 0.5) is 0 Å². The van der Waals surface area contributed by atoms with Gasteiger partial charge in [0.2, 0.25) is 0 Å². The molecule has 0 radical (unpaired) electrons. The number of rotatable bonds is 4. The largest absolute Gasteiger partial charge is 0.493 e. The van der Waals surface area contributed by atoms with E-state index in [-0.39, 0.29) is 24.1 Å². The number of nitrogens with two attached hydrogens (primary N) is 1. The average Bonchev–Trinajstić information content (AvgIpc) is 2.39. The lowest BCUT2D eigenvalue weighted by molar-refractivity contribution is 0.299. The molecule has 5 heteroatoms. The maximum Gasteiger partial charge on any atom is 0.339 e. The summed E-state index contributed by atoms with van der Waals surface area (Å²) in [6, 6.07) is 3.97. The van der Waals surface area contributed by atoms with Gasteiger partial charge in [0.15, 0.2) is 0 Å². The normalized spacial score (nSPS) is 12.0. The Balaban J connectivity index is 0.00000220. The first kappa shape index (κ1) is 17.5. The van der Waals surface area contributed by atoms with Crippen molar-refractivity contribution in [2.24, 2.45) is 5.73 Å². The number of halogens is 1. The molecule has 116 valence electrons. The first-order chi connectivity index (χ1) is 9.41. The topological polar surface area (TPSA) is 65.5 Å². The molecule has 0 aliphatic rings. The number of fused-ring (bicyclic) bond motifs is 1. The minimum absolute atomic E-state index is 0. The van der Waals surface area contributed by atoms with Gasteiger partial charge in [0.05, 0.1) is 6.61 Å². The molecule has 0 fully saturated rings. The smallest absolute Gasteiger partial charge is 0.339 e. The third-order valence-electron chi connectivity index (χ3n) is 3.65. The molecule has 4 nitrogen and oxygen atoms in total. The van der Waals surface area contributed by atoms with Crippen LogP contribution in [0, 0.1) is 20.8 Å². The molecule has 0 spiro atoms. The molecule has 0 aliphatic carbocycles. The molecular weight excluding hydrogens is 290 g/mol. The second-order valence-electron chi connectivity index (χ2n) is 5.32. The first-order valence-electron chi connectivity index (χ1n) is 6.83. The molecule has 1 atom stereocenters. The summed E-state index contributed by atoms with van der Waals surface area (Å²) in [6.07, 6.45) is 0.786. The summed E-state index contributed by atoms with van der Waals surface area (Å²) >= 11 is 0. The van der Waals surface area contributed by atoms with Crippen LogP contribution >= 0.6 is 12.4 Å². The molecule has 0 amide bonds. The van der Waals surface area contributed by atoms with E-state index < -0.39 is 0 Å². The van der Waals surface area contributed by atoms with Crippen LogP contribution in [-0.2, 0) is 0 Å². The number of hydrogen-bond donors (Lipinski definition) is 1. The van der Waals surface area contributed by atoms with Crippen LogP contribution in [0.5, 0.6) is 5.75 Å². The van der Waals surface area contributed by atoms with Crippen LogP contribution in [0.1, 0.15) is 30.0 Å². The van der Waals surface area contributed by atoms with Crippen molar-refractivity contribution in [2.75, 3.05) is 6.61 Å². The summed E-state index contributed by atoms with van der Waals surface area (Å²) in [6.45, 7) is 8.12. The molecule has 1 heterocycles. The van der Waals surface area contributed by atoms with Crippen LogP contribution in [0.2, 0.25) is 0 Å². The highest BCUT2D eigenvalue weighted by Crippen LogP contribution is 2.29. The zero-order valence-electron chi connectivity index (χ0n) is 12.9. The van der Waals surface area contributed by atoms with Crippen LogP contribution in [-0.4, -0.2) is 12.6 Å². The van der Waals surface area contributed by atoms with Gasteiger partial charge < -0.3 is 14.9 Å². The fourth-order valence-electron chi connectivity index (χ4n) is 2.14. The van der Waals surface area contributed by atoms with Crippen molar-refractivity contribution in [3.63, 3.8) is 0 Å². The van der Waals surface area contributed by atoms with E-state index in [1.165, 1.54) is 0 Å². The van der Waals surface area contributed by atoms with E-state index in [1.54, 1.807) is 6.92 Å². The van der Waals surface area contributed by atoms with Crippen molar-refractivity contribution in [1.29, 1.82) is 0 Å². The quantitative estimate of drug-likeness (QED) is 0.880. The van der Waals surface area contributed by atoms with E-state index in [4.69, 9.17) is 14.9 Å². The second-order valence-corrected chi connectivity index (χ2v) is 5.32. The zero-order chi connectivity index (χ0) is 14.9. The van der Waals surface area contributed by atoms with Crippen LogP contribution in [0.25, 0.3) is 11.0 Å². The third-order valence-corrected chi connectivity index (χ3v) is 3.65. The third kappa shape index (κ3) is 3.57. The Morgan fingerprint density at radius 3 is 2.48 bits per heavy atom. The van der Waals surface area contributed by atoms with Gasteiger partial charge in [0.1, 0.15) is 11.3 Å². The maximum atomic E-state index is 11.8. The highest BCUT2D eigenvalue weighted by Gasteiger charge is 2.12. The zero-order valence-corrected chi connectivity index (χ0v) is 13.7. The molecule has 2 aromatic rings. The SMILES string of the molecule is Cc1c(C)c2ccc(OCC[C@H](C)N)c(C)c2oc1=O.Cl. The van der Waals surface area contributed by atoms with E-state index in [0.717, 1.165) is 28.7 Å². The first-order valence-corrected chi connectivity index (χ1v) is 6.83. The summed E-state index contributed by atoms with van der Waals surface area (Å²) in [4.78, 5) is 11.8. The van der Waals surface area contributed by atoms with Gasteiger partial charge in [0, 0.05) is 22.6 Å².